The van der Waals surface area contributed by atoms with Gasteiger partial charge in [0.25, 0.3) is 0 Å². The van der Waals surface area contributed by atoms with Crippen molar-refractivity contribution in [1.29, 1.82) is 0 Å². The summed E-state index contributed by atoms with van der Waals surface area (Å²) in [5.74, 6) is 0. The maximum atomic E-state index is 7.00. The number of halogens is 4. The van der Waals surface area contributed by atoms with E-state index in [2.05, 4.69) is 41.7 Å². The Morgan fingerprint density at radius 2 is 0.529 bits per heavy atom. The Labute approximate surface area is 286 Å². The molecule has 0 unspecified atom stereocenters. The summed E-state index contributed by atoms with van der Waals surface area (Å²) < 4.78 is 0. The summed E-state index contributed by atoms with van der Waals surface area (Å²) in [5, 5.41) is 28.5. The zero-order chi connectivity index (χ0) is 20.1. The molecule has 205 valence electrons. The predicted molar refractivity (Wildman–Crippen MR) is 118 cm³/mol. The van der Waals surface area contributed by atoms with Crippen LogP contribution in [0.1, 0.15) is 0 Å². The van der Waals surface area contributed by atoms with E-state index in [0.717, 1.165) is 125 Å². The molecule has 3 rings (SSSR count). The summed E-state index contributed by atoms with van der Waals surface area (Å²) in [6.07, 6.45) is 0. The van der Waals surface area contributed by atoms with Gasteiger partial charge in [0, 0.05) is 125 Å². The first-order valence-corrected chi connectivity index (χ1v) is 11.1. The second kappa shape index (κ2) is 40.5. The minimum Gasteiger partial charge on any atom is -1.00 e. The number of nitrogens with one attached hydrogen (secondary N) is 6. The van der Waals surface area contributed by atoms with Gasteiger partial charge in [-0.1, -0.05) is 0 Å². The van der Waals surface area contributed by atoms with Crippen LogP contribution >= 0.6 is 0 Å². The largest absolute Gasteiger partial charge is 2.00 e. The van der Waals surface area contributed by atoms with Crippen molar-refractivity contribution in [1.82, 2.24) is 41.7 Å². The first-order valence-electron chi connectivity index (χ1n) is 11.1. The minimum absolute atomic E-state index is 0. The summed E-state index contributed by atoms with van der Waals surface area (Å²) in [6, 6.07) is 0. The average Bonchev–Trinajstić information content (AvgIpc) is 2.72. The van der Waals surface area contributed by atoms with Crippen LogP contribution in [-0.4, -0.2) is 140 Å². The van der Waals surface area contributed by atoms with Crippen molar-refractivity contribution in [3.8, 4) is 0 Å². The number of nitrogens with zero attached hydrogens (tertiary/aromatic N) is 2. The molecule has 2 bridgehead atoms. The fourth-order valence-electron chi connectivity index (χ4n) is 3.37. The molecule has 3 heterocycles. The third kappa shape index (κ3) is 31.2. The van der Waals surface area contributed by atoms with E-state index >= 15 is 0 Å². The number of fused-ring (bicyclic) bond motifs is 21. The minimum atomic E-state index is 0. The van der Waals surface area contributed by atoms with Crippen LogP contribution in [0.2, 0.25) is 0 Å². The van der Waals surface area contributed by atoms with Crippen molar-refractivity contribution in [3.63, 3.8) is 0 Å². The summed E-state index contributed by atoms with van der Waals surface area (Å²) >= 11 is 0. The molecule has 0 spiro atoms. The topological polar surface area (TPSA) is 98.9 Å². The van der Waals surface area contributed by atoms with Crippen LogP contribution < -0.4 is 81.5 Å². The van der Waals surface area contributed by atoms with E-state index in [4.69, 9.17) is 5.11 Å². The fourth-order valence-corrected chi connectivity index (χ4v) is 3.37. The molecule has 3 aliphatic heterocycles. The van der Waals surface area contributed by atoms with Gasteiger partial charge in [-0.15, -0.1) is 0 Å². The van der Waals surface area contributed by atoms with Crippen LogP contribution in [0.3, 0.4) is 0 Å². The number of hydrogen-bond acceptors (Lipinski definition) is 9. The molecular formula is C19H46Cl4EuN8OZn. The van der Waals surface area contributed by atoms with Crippen LogP contribution in [0, 0.1) is 49.4 Å². The molecule has 0 aliphatic carbocycles. The van der Waals surface area contributed by atoms with Crippen molar-refractivity contribution in [3.05, 3.63) is 0 Å². The van der Waals surface area contributed by atoms with Crippen LogP contribution in [0.25, 0.3) is 0 Å². The molecule has 0 atom stereocenters. The van der Waals surface area contributed by atoms with E-state index in [-0.39, 0.29) is 118 Å². The smallest absolute Gasteiger partial charge is 1.00 e. The van der Waals surface area contributed by atoms with Crippen molar-refractivity contribution in [2.24, 2.45) is 0 Å². The molecular weight excluding hydrogens is 715 g/mol. The number of aliphatic hydroxyl groups excluding tert-OH is 1. The molecule has 3 fully saturated rings. The molecule has 0 aromatic rings. The van der Waals surface area contributed by atoms with E-state index in [1.54, 1.807) is 0 Å². The second-order valence-electron chi connectivity index (χ2n) is 7.18. The Bertz CT molecular complexity index is 277. The first-order chi connectivity index (χ1) is 13.9. The molecule has 9 nitrogen and oxygen atoms in total. The van der Waals surface area contributed by atoms with Crippen LogP contribution in [0.5, 0.6) is 0 Å². The third-order valence-electron chi connectivity index (χ3n) is 5.06. The predicted octanol–water partition coefficient (Wildman–Crippen LogP) is -15.2. The number of hydrogen-bond donors (Lipinski definition) is 7. The summed E-state index contributed by atoms with van der Waals surface area (Å²) in [4.78, 5) is 5.12. The van der Waals surface area contributed by atoms with Gasteiger partial charge in [-0.3, -0.25) is 9.80 Å². The number of aliphatic hydroxyl groups is 1. The van der Waals surface area contributed by atoms with Crippen molar-refractivity contribution < 1.29 is 124 Å². The maximum absolute atomic E-state index is 7.00. The molecule has 34 heavy (non-hydrogen) atoms. The average molecular weight is 762 g/mol. The van der Waals surface area contributed by atoms with Crippen molar-refractivity contribution in [2.45, 2.75) is 0 Å². The molecule has 0 aromatic heterocycles. The van der Waals surface area contributed by atoms with Gasteiger partial charge in [-0.25, -0.2) is 0 Å². The Hall–Kier alpha value is 3.01. The van der Waals surface area contributed by atoms with Crippen LogP contribution in [-0.2, 0) is 19.5 Å². The van der Waals surface area contributed by atoms with Crippen LogP contribution in [0.15, 0.2) is 0 Å². The second-order valence-corrected chi connectivity index (χ2v) is 7.18. The standard InChI is InChI=1S/C18H42N8.CH4O.4ClH.Eu.Zn/c1-2-20-8-14-26-17-11-23-5-3-21-9-15-25(13-7-19-1)16-10-22-4-6-24-12-18-26;1-2;;;;;;/h19-24H,1-18H2;2H,1H3;4*1H;;/q;;;;;;2*+2/p-4. The van der Waals surface area contributed by atoms with E-state index in [1.807, 2.05) is 0 Å². The van der Waals surface area contributed by atoms with Gasteiger partial charge in [0.05, 0.1) is 0 Å². The van der Waals surface area contributed by atoms with Gasteiger partial charge in [0.15, 0.2) is 0 Å². The normalized spacial score (nSPS) is 23.5. The van der Waals surface area contributed by atoms with Crippen molar-refractivity contribution in [2.75, 3.05) is 125 Å². The molecule has 15 heteroatoms. The monoisotopic (exact) mass is 759 g/mol. The van der Waals surface area contributed by atoms with Gasteiger partial charge < -0.3 is 86.6 Å². The summed E-state index contributed by atoms with van der Waals surface area (Å²) in [7, 11) is 1.00. The molecule has 3 aliphatic rings. The molecule has 0 aromatic carbocycles. The van der Waals surface area contributed by atoms with Gasteiger partial charge in [-0.05, 0) is 0 Å². The molecule has 0 amide bonds. The fraction of sp³-hybridized carbons (Fsp3) is 1.00. The SMILES string of the molecule is C1CNCCN2CCNCCNCCN(CCN1)CCNCCNCC2.CO.[Cl-].[Cl-].[Cl-].[Cl-].[Eu+2].[Zn+2]. The summed E-state index contributed by atoms with van der Waals surface area (Å²) in [5.41, 5.74) is 0. The van der Waals surface area contributed by atoms with Gasteiger partial charge in [0.1, 0.15) is 0 Å². The van der Waals surface area contributed by atoms with Gasteiger partial charge in [-0.2, -0.15) is 0 Å². The molecule has 0 saturated carbocycles. The zero-order valence-electron chi connectivity index (χ0n) is 20.7. The molecule has 1 radical (unpaired) electrons. The third-order valence-corrected chi connectivity index (χ3v) is 5.06. The summed E-state index contributed by atoms with van der Waals surface area (Å²) in [6.45, 7) is 19.4. The maximum Gasteiger partial charge on any atom is 2.00 e. The van der Waals surface area contributed by atoms with Gasteiger partial charge in [0.2, 0.25) is 0 Å². The van der Waals surface area contributed by atoms with Crippen molar-refractivity contribution >= 4 is 0 Å². The first kappa shape index (κ1) is 49.9. The van der Waals surface area contributed by atoms with E-state index < -0.39 is 0 Å². The molecule has 7 N–H and O–H groups in total. The van der Waals surface area contributed by atoms with E-state index in [9.17, 15) is 0 Å². The van der Waals surface area contributed by atoms with E-state index in [1.165, 1.54) is 0 Å². The Morgan fingerprint density at radius 3 is 0.676 bits per heavy atom. The molecule has 3 saturated heterocycles. The Morgan fingerprint density at radius 1 is 0.382 bits per heavy atom. The van der Waals surface area contributed by atoms with Crippen LogP contribution in [0.4, 0.5) is 0 Å². The Balaban J connectivity index is -0.000000238. The quantitative estimate of drug-likeness (QED) is 0.122. The van der Waals surface area contributed by atoms with E-state index in [0.29, 0.717) is 0 Å². The number of rotatable bonds is 0. The zero-order valence-corrected chi connectivity index (χ0v) is 29.1. The van der Waals surface area contributed by atoms with Gasteiger partial charge >= 0.3 is 68.9 Å². The Kier molecular flexibility index (Phi) is 59.5.